The first-order valence-corrected chi connectivity index (χ1v) is 9.67. The number of benzene rings is 2. The summed E-state index contributed by atoms with van der Waals surface area (Å²) in [6.45, 7) is -0.891. The predicted molar refractivity (Wildman–Crippen MR) is 109 cm³/mol. The van der Waals surface area contributed by atoms with E-state index in [1.807, 2.05) is 18.2 Å². The average molecular weight is 433 g/mol. The van der Waals surface area contributed by atoms with Crippen molar-refractivity contribution in [3.63, 3.8) is 0 Å². The van der Waals surface area contributed by atoms with Gasteiger partial charge < -0.3 is 14.2 Å². The summed E-state index contributed by atoms with van der Waals surface area (Å²) in [6.07, 6.45) is 3.19. The van der Waals surface area contributed by atoms with Crippen LogP contribution in [-0.2, 0) is 27.2 Å². The lowest BCUT2D eigenvalue weighted by molar-refractivity contribution is -0.150. The van der Waals surface area contributed by atoms with Crippen molar-refractivity contribution in [1.29, 1.82) is 0 Å². The Morgan fingerprint density at radius 1 is 1.00 bits per heavy atom. The van der Waals surface area contributed by atoms with Crippen molar-refractivity contribution >= 4 is 29.4 Å². The lowest BCUT2D eigenvalue weighted by Crippen LogP contribution is -2.43. The highest BCUT2D eigenvalue weighted by molar-refractivity contribution is 6.31. The molecule has 1 aliphatic carbocycles. The maximum atomic E-state index is 12.2. The monoisotopic (exact) mass is 432 g/mol. The Bertz CT molecular complexity index is 963. The quantitative estimate of drug-likeness (QED) is 0.513. The van der Waals surface area contributed by atoms with Crippen LogP contribution < -0.4 is 20.3 Å². The smallest absolute Gasteiger partial charge is 0.344 e. The van der Waals surface area contributed by atoms with Crippen LogP contribution in [0, 0.1) is 0 Å². The summed E-state index contributed by atoms with van der Waals surface area (Å²) in [7, 11) is 1.41. The van der Waals surface area contributed by atoms with E-state index < -0.39 is 24.4 Å². The average Bonchev–Trinajstić information content (AvgIpc) is 3.22. The summed E-state index contributed by atoms with van der Waals surface area (Å²) in [4.78, 5) is 35.8. The second-order valence-corrected chi connectivity index (χ2v) is 7.02. The second-order valence-electron chi connectivity index (χ2n) is 6.58. The SMILES string of the molecule is COc1ccc(Cl)cc1C(=O)NNC(=O)COC(=O)COc1ccc2c(c1)CCC2. The van der Waals surface area contributed by atoms with Crippen LogP contribution in [0.5, 0.6) is 11.5 Å². The number of nitrogens with one attached hydrogen (secondary N) is 2. The normalized spacial score (nSPS) is 11.9. The molecule has 0 fully saturated rings. The van der Waals surface area contributed by atoms with Crippen LogP contribution in [0.3, 0.4) is 0 Å². The molecule has 158 valence electrons. The third kappa shape index (κ3) is 5.64. The minimum Gasteiger partial charge on any atom is -0.496 e. The first-order valence-electron chi connectivity index (χ1n) is 9.29. The number of aryl methyl sites for hydroxylation is 2. The molecule has 0 radical (unpaired) electrons. The molecule has 30 heavy (non-hydrogen) atoms. The maximum absolute atomic E-state index is 12.2. The van der Waals surface area contributed by atoms with Gasteiger partial charge in [0.05, 0.1) is 12.7 Å². The van der Waals surface area contributed by atoms with E-state index in [0.717, 1.165) is 19.3 Å². The van der Waals surface area contributed by atoms with Crippen molar-refractivity contribution in [3.8, 4) is 11.5 Å². The Kier molecular flexibility index (Phi) is 7.13. The highest BCUT2D eigenvalue weighted by atomic mass is 35.5. The molecule has 0 aliphatic heterocycles. The minimum atomic E-state index is -0.713. The largest absolute Gasteiger partial charge is 0.496 e. The molecule has 0 saturated heterocycles. The molecule has 0 unspecified atom stereocenters. The highest BCUT2D eigenvalue weighted by Crippen LogP contribution is 2.26. The van der Waals surface area contributed by atoms with Crippen molar-refractivity contribution in [2.75, 3.05) is 20.3 Å². The topological polar surface area (TPSA) is 103 Å². The van der Waals surface area contributed by atoms with Gasteiger partial charge in [0.1, 0.15) is 11.5 Å². The van der Waals surface area contributed by atoms with E-state index >= 15 is 0 Å². The van der Waals surface area contributed by atoms with Crippen LogP contribution in [-0.4, -0.2) is 38.1 Å². The predicted octanol–water partition coefficient (Wildman–Crippen LogP) is 2.22. The van der Waals surface area contributed by atoms with Crippen molar-refractivity contribution in [2.45, 2.75) is 19.3 Å². The lowest BCUT2D eigenvalue weighted by atomic mass is 10.1. The van der Waals surface area contributed by atoms with Gasteiger partial charge in [-0.25, -0.2) is 4.79 Å². The molecule has 0 bridgehead atoms. The number of carbonyl (C=O) groups excluding carboxylic acids is 3. The minimum absolute atomic E-state index is 0.144. The third-order valence-electron chi connectivity index (χ3n) is 4.51. The first-order chi connectivity index (χ1) is 14.5. The van der Waals surface area contributed by atoms with Gasteiger partial charge in [-0.1, -0.05) is 17.7 Å². The highest BCUT2D eigenvalue weighted by Gasteiger charge is 2.15. The van der Waals surface area contributed by atoms with Gasteiger partial charge >= 0.3 is 5.97 Å². The molecule has 2 amide bonds. The zero-order chi connectivity index (χ0) is 21.5. The van der Waals surface area contributed by atoms with Crippen molar-refractivity contribution in [3.05, 3.63) is 58.1 Å². The van der Waals surface area contributed by atoms with Gasteiger partial charge in [-0.05, 0) is 60.7 Å². The number of fused-ring (bicyclic) bond motifs is 1. The van der Waals surface area contributed by atoms with Crippen LogP contribution >= 0.6 is 11.6 Å². The number of amides is 2. The Hall–Kier alpha value is -3.26. The Balaban J connectivity index is 1.39. The van der Waals surface area contributed by atoms with E-state index in [0.29, 0.717) is 16.5 Å². The van der Waals surface area contributed by atoms with Gasteiger partial charge in [0.25, 0.3) is 11.8 Å². The molecule has 2 aromatic rings. The Labute approximate surface area is 178 Å². The molecular weight excluding hydrogens is 412 g/mol. The van der Waals surface area contributed by atoms with Gasteiger partial charge in [0.15, 0.2) is 13.2 Å². The van der Waals surface area contributed by atoms with Gasteiger partial charge in [-0.3, -0.25) is 20.4 Å². The van der Waals surface area contributed by atoms with Crippen LogP contribution in [0.25, 0.3) is 0 Å². The molecule has 0 atom stereocenters. The van der Waals surface area contributed by atoms with E-state index in [9.17, 15) is 14.4 Å². The fourth-order valence-electron chi connectivity index (χ4n) is 3.06. The maximum Gasteiger partial charge on any atom is 0.344 e. The number of methoxy groups -OCH3 is 1. The molecule has 8 nitrogen and oxygen atoms in total. The number of esters is 1. The summed E-state index contributed by atoms with van der Waals surface area (Å²) in [6, 6.07) is 10.2. The number of ether oxygens (including phenoxy) is 3. The van der Waals surface area contributed by atoms with Crippen molar-refractivity contribution in [1.82, 2.24) is 10.9 Å². The van der Waals surface area contributed by atoms with E-state index in [1.54, 1.807) is 6.07 Å². The third-order valence-corrected chi connectivity index (χ3v) is 4.75. The molecule has 9 heteroatoms. The lowest BCUT2D eigenvalue weighted by Gasteiger charge is -2.11. The molecule has 0 aromatic heterocycles. The van der Waals surface area contributed by atoms with Crippen molar-refractivity contribution in [2.24, 2.45) is 0 Å². The molecule has 0 spiro atoms. The van der Waals surface area contributed by atoms with Crippen LogP contribution in [0.15, 0.2) is 36.4 Å². The zero-order valence-electron chi connectivity index (χ0n) is 16.3. The van der Waals surface area contributed by atoms with E-state index in [4.69, 9.17) is 25.8 Å². The number of rotatable bonds is 7. The van der Waals surface area contributed by atoms with Crippen molar-refractivity contribution < 1.29 is 28.6 Å². The Morgan fingerprint density at radius 3 is 2.60 bits per heavy atom. The van der Waals surface area contributed by atoms with Gasteiger partial charge in [-0.2, -0.15) is 0 Å². The van der Waals surface area contributed by atoms with E-state index in [-0.39, 0.29) is 12.2 Å². The van der Waals surface area contributed by atoms with Gasteiger partial charge in [-0.15, -0.1) is 0 Å². The summed E-state index contributed by atoms with van der Waals surface area (Å²) >= 11 is 5.87. The molecule has 0 saturated carbocycles. The van der Waals surface area contributed by atoms with Gasteiger partial charge in [0, 0.05) is 5.02 Å². The molecule has 2 aromatic carbocycles. The first kappa shape index (κ1) is 21.4. The summed E-state index contributed by atoms with van der Waals surface area (Å²) in [5.74, 6) is -1.17. The Morgan fingerprint density at radius 2 is 1.80 bits per heavy atom. The zero-order valence-corrected chi connectivity index (χ0v) is 17.1. The summed E-state index contributed by atoms with van der Waals surface area (Å²) < 4.78 is 15.3. The molecular formula is C21H21ClN2O6. The number of hydrazine groups is 1. The fraction of sp³-hybridized carbons (Fsp3) is 0.286. The summed E-state index contributed by atoms with van der Waals surface area (Å²) in [5.41, 5.74) is 7.04. The summed E-state index contributed by atoms with van der Waals surface area (Å²) in [5, 5.41) is 0.338. The van der Waals surface area contributed by atoms with Crippen LogP contribution in [0.2, 0.25) is 5.02 Å². The number of carbonyl (C=O) groups is 3. The standard InChI is InChI=1S/C21H21ClN2O6/c1-28-18-8-6-15(22)10-17(18)21(27)24-23-19(25)11-30-20(26)12-29-16-7-5-13-3-2-4-14(13)9-16/h5-10H,2-4,11-12H2,1H3,(H,23,25)(H,24,27). The van der Waals surface area contributed by atoms with Crippen LogP contribution in [0.4, 0.5) is 0 Å². The van der Waals surface area contributed by atoms with Gasteiger partial charge in [0.2, 0.25) is 0 Å². The number of hydrogen-bond donors (Lipinski definition) is 2. The van der Waals surface area contributed by atoms with Crippen LogP contribution in [0.1, 0.15) is 27.9 Å². The van der Waals surface area contributed by atoms with E-state index in [2.05, 4.69) is 10.9 Å². The molecule has 1 aliphatic rings. The van der Waals surface area contributed by atoms with E-state index in [1.165, 1.54) is 30.4 Å². The number of halogens is 1. The molecule has 0 heterocycles. The number of hydrogen-bond acceptors (Lipinski definition) is 6. The fourth-order valence-corrected chi connectivity index (χ4v) is 3.23. The second kappa shape index (κ2) is 9.98. The molecule has 2 N–H and O–H groups in total. The molecule has 3 rings (SSSR count).